The van der Waals surface area contributed by atoms with Crippen molar-refractivity contribution >= 4 is 29.1 Å². The van der Waals surface area contributed by atoms with E-state index in [1.54, 1.807) is 18.2 Å². The molecule has 1 saturated heterocycles. The van der Waals surface area contributed by atoms with E-state index in [1.165, 1.54) is 29.3 Å². The van der Waals surface area contributed by atoms with Crippen LogP contribution in [0.2, 0.25) is 5.02 Å². The minimum Gasteiger partial charge on any atom is -0.271 e. The smallest absolute Gasteiger partial charge is 0.263 e. The van der Waals surface area contributed by atoms with Crippen LogP contribution in [0, 0.1) is 5.82 Å². The van der Waals surface area contributed by atoms with E-state index in [1.807, 2.05) is 6.07 Å². The molecule has 0 saturated carbocycles. The molecular weight excluding hydrogens is 347 g/mol. The maximum absolute atomic E-state index is 13.1. The molecule has 0 radical (unpaired) electrons. The second kappa shape index (κ2) is 5.93. The van der Waals surface area contributed by atoms with E-state index < -0.39 is 29.7 Å². The van der Waals surface area contributed by atoms with Gasteiger partial charge >= 0.3 is 0 Å². The second-order valence-corrected chi connectivity index (χ2v) is 6.25. The summed E-state index contributed by atoms with van der Waals surface area (Å²) >= 11 is 5.98. The molecule has 6 nitrogen and oxygen atoms in total. The highest BCUT2D eigenvalue weighted by Crippen LogP contribution is 2.32. The Morgan fingerprint density at radius 1 is 1.08 bits per heavy atom. The fourth-order valence-corrected chi connectivity index (χ4v) is 3.23. The number of hydrogen-bond donors (Lipinski definition) is 0. The zero-order chi connectivity index (χ0) is 17.6. The van der Waals surface area contributed by atoms with Crippen LogP contribution < -0.4 is 4.90 Å². The summed E-state index contributed by atoms with van der Waals surface area (Å²) in [7, 11) is 0. The summed E-state index contributed by atoms with van der Waals surface area (Å²) in [5, 5.41) is 9.99. The fraction of sp³-hybridized carbons (Fsp3) is 0.176. The summed E-state index contributed by atoms with van der Waals surface area (Å²) in [5.41, 5.74) is 1.18. The van der Waals surface area contributed by atoms with Gasteiger partial charge in [-0.25, -0.2) is 9.29 Å². The van der Waals surface area contributed by atoms with Crippen molar-refractivity contribution in [3.63, 3.8) is 0 Å². The zero-order valence-corrected chi connectivity index (χ0v) is 13.6. The highest BCUT2D eigenvalue weighted by molar-refractivity contribution is 6.30. The van der Waals surface area contributed by atoms with Gasteiger partial charge in [-0.2, -0.15) is 5.11 Å². The summed E-state index contributed by atoms with van der Waals surface area (Å²) in [6.45, 7) is 0.307. The van der Waals surface area contributed by atoms with Crippen molar-refractivity contribution in [1.29, 1.82) is 0 Å². The number of carbonyl (C=O) groups excluding carboxylic acids is 2. The fourth-order valence-electron chi connectivity index (χ4n) is 3.02. The molecule has 0 aromatic heterocycles. The molecule has 8 heteroatoms. The Kier molecular flexibility index (Phi) is 3.73. The van der Waals surface area contributed by atoms with Crippen molar-refractivity contribution in [2.45, 2.75) is 18.6 Å². The van der Waals surface area contributed by atoms with Gasteiger partial charge in [0, 0.05) is 5.02 Å². The van der Waals surface area contributed by atoms with Crippen molar-refractivity contribution < 1.29 is 14.0 Å². The first-order valence-electron chi connectivity index (χ1n) is 7.60. The van der Waals surface area contributed by atoms with Gasteiger partial charge < -0.3 is 0 Å². The van der Waals surface area contributed by atoms with E-state index in [-0.39, 0.29) is 0 Å². The zero-order valence-electron chi connectivity index (χ0n) is 12.8. The summed E-state index contributed by atoms with van der Waals surface area (Å²) in [4.78, 5) is 26.4. The van der Waals surface area contributed by atoms with E-state index in [0.29, 0.717) is 17.3 Å². The van der Waals surface area contributed by atoms with Crippen LogP contribution in [-0.2, 0) is 16.1 Å². The molecule has 0 aliphatic carbocycles. The maximum Gasteiger partial charge on any atom is 0.263 e. The third kappa shape index (κ3) is 2.66. The number of benzene rings is 2. The predicted octanol–water partition coefficient (Wildman–Crippen LogP) is 2.97. The number of fused-ring (bicyclic) bond motifs is 1. The molecule has 2 aliphatic rings. The van der Waals surface area contributed by atoms with Crippen LogP contribution in [0.1, 0.15) is 5.56 Å². The Labute approximate surface area is 147 Å². The van der Waals surface area contributed by atoms with Gasteiger partial charge in [0.15, 0.2) is 12.1 Å². The van der Waals surface area contributed by atoms with Crippen LogP contribution in [0.25, 0.3) is 0 Å². The largest absolute Gasteiger partial charge is 0.271 e. The molecule has 0 spiro atoms. The van der Waals surface area contributed by atoms with Gasteiger partial charge in [0.1, 0.15) is 5.82 Å². The third-order valence-corrected chi connectivity index (χ3v) is 4.41. The Balaban J connectivity index is 1.60. The van der Waals surface area contributed by atoms with Gasteiger partial charge in [-0.3, -0.25) is 14.6 Å². The Morgan fingerprint density at radius 3 is 2.56 bits per heavy atom. The normalized spacial score (nSPS) is 22.0. The monoisotopic (exact) mass is 358 g/mol. The molecule has 4 rings (SSSR count). The van der Waals surface area contributed by atoms with Gasteiger partial charge in [-0.05, 0) is 42.0 Å². The van der Waals surface area contributed by atoms with Crippen molar-refractivity contribution in [2.24, 2.45) is 10.3 Å². The lowest BCUT2D eigenvalue weighted by atomic mass is 10.1. The molecule has 2 aliphatic heterocycles. The van der Waals surface area contributed by atoms with Crippen molar-refractivity contribution in [1.82, 2.24) is 5.01 Å². The van der Waals surface area contributed by atoms with Gasteiger partial charge in [0.05, 0.1) is 12.2 Å². The lowest BCUT2D eigenvalue weighted by Crippen LogP contribution is -2.39. The van der Waals surface area contributed by atoms with Gasteiger partial charge in [0.25, 0.3) is 11.8 Å². The first-order valence-corrected chi connectivity index (χ1v) is 7.97. The predicted molar refractivity (Wildman–Crippen MR) is 88.3 cm³/mol. The highest BCUT2D eigenvalue weighted by Gasteiger charge is 2.54. The first-order chi connectivity index (χ1) is 12.0. The molecule has 25 heavy (non-hydrogen) atoms. The number of nitrogens with zero attached hydrogens (tertiary/aromatic N) is 4. The van der Waals surface area contributed by atoms with Crippen LogP contribution >= 0.6 is 11.6 Å². The van der Waals surface area contributed by atoms with Crippen LogP contribution in [-0.4, -0.2) is 28.9 Å². The maximum atomic E-state index is 13.1. The molecule has 0 bridgehead atoms. The molecule has 1 fully saturated rings. The number of hydrogen-bond acceptors (Lipinski definition) is 5. The van der Waals surface area contributed by atoms with Crippen LogP contribution in [0.4, 0.5) is 10.1 Å². The van der Waals surface area contributed by atoms with E-state index in [9.17, 15) is 14.0 Å². The minimum absolute atomic E-state index is 0.307. The molecular formula is C17H12ClFN4O2. The SMILES string of the molecule is O=C1[C@H]2N=NN(Cc3cccc(Cl)c3)[C@@H]2C(=O)N1c1ccc(F)cc1. The van der Waals surface area contributed by atoms with Gasteiger partial charge in [-0.1, -0.05) is 29.0 Å². The third-order valence-electron chi connectivity index (χ3n) is 4.18. The molecule has 0 unspecified atom stereocenters. The first kappa shape index (κ1) is 15.7. The standard InChI is InChI=1S/C17H12ClFN4O2/c18-11-3-1-2-10(8-11)9-22-15-14(20-21-22)16(24)23(17(15)25)13-6-4-12(19)5-7-13/h1-8,14-15H,9H2/t14-,15-/m0/s1. The van der Waals surface area contributed by atoms with E-state index in [4.69, 9.17) is 11.6 Å². The minimum atomic E-state index is -0.878. The summed E-state index contributed by atoms with van der Waals surface area (Å²) in [5.74, 6) is -1.32. The summed E-state index contributed by atoms with van der Waals surface area (Å²) in [6, 6.07) is 10.7. The second-order valence-electron chi connectivity index (χ2n) is 5.81. The number of rotatable bonds is 3. The number of amides is 2. The van der Waals surface area contributed by atoms with Crippen LogP contribution in [0.15, 0.2) is 58.9 Å². The lowest BCUT2D eigenvalue weighted by molar-refractivity contribution is -0.123. The summed E-state index contributed by atoms with van der Waals surface area (Å²) < 4.78 is 13.1. The Hall–Kier alpha value is -2.80. The number of anilines is 1. The molecule has 0 N–H and O–H groups in total. The van der Waals surface area contributed by atoms with Crippen molar-refractivity contribution in [3.05, 3.63) is 64.9 Å². The van der Waals surface area contributed by atoms with Crippen molar-refractivity contribution in [2.75, 3.05) is 4.90 Å². The average molecular weight is 359 g/mol. The van der Waals surface area contributed by atoms with E-state index in [0.717, 1.165) is 10.5 Å². The van der Waals surface area contributed by atoms with E-state index >= 15 is 0 Å². The number of imide groups is 1. The molecule has 2 aromatic carbocycles. The molecule has 2 aromatic rings. The van der Waals surface area contributed by atoms with Crippen LogP contribution in [0.3, 0.4) is 0 Å². The Morgan fingerprint density at radius 2 is 1.84 bits per heavy atom. The average Bonchev–Trinajstić information content (AvgIpc) is 3.10. The van der Waals surface area contributed by atoms with Gasteiger partial charge in [0.2, 0.25) is 0 Å². The quantitative estimate of drug-likeness (QED) is 0.792. The van der Waals surface area contributed by atoms with Gasteiger partial charge in [-0.15, -0.1) is 0 Å². The molecule has 2 heterocycles. The number of halogens is 2. The van der Waals surface area contributed by atoms with Crippen molar-refractivity contribution in [3.8, 4) is 0 Å². The summed E-state index contributed by atoms with van der Waals surface area (Å²) in [6.07, 6.45) is 0. The topological polar surface area (TPSA) is 65.3 Å². The molecule has 2 amide bonds. The van der Waals surface area contributed by atoms with E-state index in [2.05, 4.69) is 10.3 Å². The number of carbonyl (C=O) groups is 2. The molecule has 2 atom stereocenters. The Bertz CT molecular complexity index is 886. The van der Waals surface area contributed by atoms with Crippen LogP contribution in [0.5, 0.6) is 0 Å². The lowest BCUT2D eigenvalue weighted by Gasteiger charge is -2.20. The highest BCUT2D eigenvalue weighted by atomic mass is 35.5. The molecule has 126 valence electrons.